The second-order valence-corrected chi connectivity index (χ2v) is 9.79. The lowest BCUT2D eigenvalue weighted by atomic mass is 9.87. The van der Waals surface area contributed by atoms with E-state index < -0.39 is 5.41 Å². The second-order valence-electron chi connectivity index (χ2n) is 9.79. The number of benzene rings is 1. The zero-order valence-electron chi connectivity index (χ0n) is 19.9. The Morgan fingerprint density at radius 2 is 1.71 bits per heavy atom. The molecule has 0 radical (unpaired) electrons. The Bertz CT molecular complexity index is 910. The molecular weight excluding hydrogens is 390 g/mol. The van der Waals surface area contributed by atoms with Crippen LogP contribution in [0.15, 0.2) is 23.0 Å². The van der Waals surface area contributed by atoms with Crippen molar-refractivity contribution in [1.82, 2.24) is 0 Å². The van der Waals surface area contributed by atoms with E-state index in [4.69, 9.17) is 9.57 Å². The Balaban J connectivity index is 2.17. The Kier molecular flexibility index (Phi) is 6.73. The molecule has 0 amide bonds. The van der Waals surface area contributed by atoms with Crippen molar-refractivity contribution in [2.45, 2.75) is 67.2 Å². The first-order valence-electron chi connectivity index (χ1n) is 11.3. The molecule has 3 atom stereocenters. The third-order valence-electron chi connectivity index (χ3n) is 6.42. The van der Waals surface area contributed by atoms with Crippen molar-refractivity contribution in [3.63, 3.8) is 0 Å². The highest BCUT2D eigenvalue weighted by Crippen LogP contribution is 2.52. The molecule has 31 heavy (non-hydrogen) atoms. The summed E-state index contributed by atoms with van der Waals surface area (Å²) in [6, 6.07) is 4.31. The summed E-state index contributed by atoms with van der Waals surface area (Å²) in [5.74, 6) is 0.225. The molecule has 1 saturated carbocycles. The van der Waals surface area contributed by atoms with Crippen LogP contribution in [0.1, 0.15) is 69.7 Å². The number of ketones is 1. The lowest BCUT2D eigenvalue weighted by molar-refractivity contribution is -0.149. The first-order valence-corrected chi connectivity index (χ1v) is 11.3. The Morgan fingerprint density at radius 1 is 1.13 bits per heavy atom. The third kappa shape index (κ3) is 4.46. The predicted octanol–water partition coefficient (Wildman–Crippen LogP) is 5.28. The van der Waals surface area contributed by atoms with Gasteiger partial charge in [0.05, 0.1) is 11.0 Å². The number of esters is 1. The van der Waals surface area contributed by atoms with Gasteiger partial charge in [-0.1, -0.05) is 36.7 Å². The SMILES string of the molecule is CCc1cc(C)cc(CC)c1C1=C(OC(=O)C(C)(C)C)C2CC(/C=N/OC)CC2C1=O. The number of aryl methyl sites for hydroxylation is 3. The van der Waals surface area contributed by atoms with Gasteiger partial charge in [0.2, 0.25) is 0 Å². The van der Waals surface area contributed by atoms with E-state index in [9.17, 15) is 9.59 Å². The summed E-state index contributed by atoms with van der Waals surface area (Å²) in [5, 5.41) is 3.91. The maximum atomic E-state index is 13.7. The van der Waals surface area contributed by atoms with E-state index in [1.165, 1.54) is 12.7 Å². The van der Waals surface area contributed by atoms with E-state index >= 15 is 0 Å². The van der Waals surface area contributed by atoms with Crippen LogP contribution in [0.4, 0.5) is 0 Å². The van der Waals surface area contributed by atoms with Gasteiger partial charge in [0, 0.05) is 18.1 Å². The van der Waals surface area contributed by atoms with Crippen molar-refractivity contribution < 1.29 is 19.2 Å². The molecule has 2 aliphatic carbocycles. The minimum Gasteiger partial charge on any atom is -0.430 e. The molecule has 2 aliphatic rings. The molecule has 0 aliphatic heterocycles. The fraction of sp³-hybridized carbons (Fsp3) is 0.577. The minimum atomic E-state index is -0.650. The monoisotopic (exact) mass is 425 g/mol. The molecule has 3 unspecified atom stereocenters. The highest BCUT2D eigenvalue weighted by Gasteiger charge is 2.50. The Morgan fingerprint density at radius 3 is 2.23 bits per heavy atom. The summed E-state index contributed by atoms with van der Waals surface area (Å²) in [6.07, 6.45) is 4.84. The van der Waals surface area contributed by atoms with Gasteiger partial charge in [-0.2, -0.15) is 0 Å². The number of Topliss-reactive ketones (excluding diaryl/α,β-unsaturated/α-hetero) is 1. The van der Waals surface area contributed by atoms with Crippen molar-refractivity contribution in [3.8, 4) is 0 Å². The van der Waals surface area contributed by atoms with Gasteiger partial charge in [0.25, 0.3) is 0 Å². The molecule has 0 saturated heterocycles. The van der Waals surface area contributed by atoms with Crippen LogP contribution in [0, 0.1) is 30.1 Å². The molecule has 5 nitrogen and oxygen atoms in total. The van der Waals surface area contributed by atoms with E-state index in [-0.39, 0.29) is 29.5 Å². The fourth-order valence-corrected chi connectivity index (χ4v) is 4.86. The number of hydrogen-bond acceptors (Lipinski definition) is 5. The van der Waals surface area contributed by atoms with Gasteiger partial charge in [-0.3, -0.25) is 9.59 Å². The Labute approximate surface area is 185 Å². The molecular formula is C26H35NO4. The van der Waals surface area contributed by atoms with Gasteiger partial charge >= 0.3 is 5.97 Å². The quantitative estimate of drug-likeness (QED) is 0.353. The van der Waals surface area contributed by atoms with Crippen LogP contribution in [-0.4, -0.2) is 25.1 Å². The summed E-state index contributed by atoms with van der Waals surface area (Å²) in [4.78, 5) is 31.5. The van der Waals surface area contributed by atoms with Gasteiger partial charge in [-0.15, -0.1) is 0 Å². The number of oxime groups is 1. The highest BCUT2D eigenvalue weighted by atomic mass is 16.6. The minimum absolute atomic E-state index is 0.0992. The molecule has 0 spiro atoms. The van der Waals surface area contributed by atoms with E-state index in [0.29, 0.717) is 17.8 Å². The molecule has 0 N–H and O–H groups in total. The number of nitrogens with zero attached hydrogens (tertiary/aromatic N) is 1. The van der Waals surface area contributed by atoms with Crippen LogP contribution in [0.5, 0.6) is 0 Å². The topological polar surface area (TPSA) is 65.0 Å². The van der Waals surface area contributed by atoms with E-state index in [0.717, 1.165) is 36.0 Å². The van der Waals surface area contributed by atoms with E-state index in [1.54, 1.807) is 6.21 Å². The number of ether oxygens (including phenoxy) is 1. The van der Waals surface area contributed by atoms with Crippen molar-refractivity contribution in [2.24, 2.45) is 28.3 Å². The van der Waals surface area contributed by atoms with Crippen LogP contribution < -0.4 is 0 Å². The van der Waals surface area contributed by atoms with Crippen LogP contribution in [0.25, 0.3) is 5.57 Å². The van der Waals surface area contributed by atoms with Crippen molar-refractivity contribution >= 4 is 23.5 Å². The van der Waals surface area contributed by atoms with Gasteiger partial charge < -0.3 is 9.57 Å². The number of hydrogen-bond donors (Lipinski definition) is 0. The molecule has 1 aromatic carbocycles. The van der Waals surface area contributed by atoms with Crippen LogP contribution in [0.2, 0.25) is 0 Å². The zero-order chi connectivity index (χ0) is 22.9. The lowest BCUT2D eigenvalue weighted by Gasteiger charge is -2.22. The molecule has 0 heterocycles. The summed E-state index contributed by atoms with van der Waals surface area (Å²) in [6.45, 7) is 11.8. The number of carbonyl (C=O) groups excluding carboxylic acids is 2. The molecule has 5 heteroatoms. The molecule has 0 aromatic heterocycles. The third-order valence-corrected chi connectivity index (χ3v) is 6.42. The number of fused-ring (bicyclic) bond motifs is 1. The molecule has 3 rings (SSSR count). The molecule has 1 fully saturated rings. The average molecular weight is 426 g/mol. The maximum absolute atomic E-state index is 13.7. The van der Waals surface area contributed by atoms with Gasteiger partial charge in [0.1, 0.15) is 12.9 Å². The summed E-state index contributed by atoms with van der Waals surface area (Å²) in [7, 11) is 1.52. The highest BCUT2D eigenvalue weighted by molar-refractivity contribution is 6.26. The average Bonchev–Trinajstić information content (AvgIpc) is 3.23. The molecule has 1 aromatic rings. The summed E-state index contributed by atoms with van der Waals surface area (Å²) >= 11 is 0. The smallest absolute Gasteiger partial charge is 0.316 e. The summed E-state index contributed by atoms with van der Waals surface area (Å²) < 4.78 is 6.05. The number of rotatable bonds is 6. The lowest BCUT2D eigenvalue weighted by Crippen LogP contribution is -2.24. The van der Waals surface area contributed by atoms with E-state index in [1.807, 2.05) is 20.8 Å². The normalized spacial score (nSPS) is 23.6. The number of carbonyl (C=O) groups is 2. The van der Waals surface area contributed by atoms with E-state index in [2.05, 4.69) is 38.1 Å². The number of allylic oxidation sites excluding steroid dienone is 2. The van der Waals surface area contributed by atoms with Gasteiger partial charge in [-0.05, 0) is 76.0 Å². The van der Waals surface area contributed by atoms with Crippen molar-refractivity contribution in [3.05, 3.63) is 40.1 Å². The molecule has 168 valence electrons. The van der Waals surface area contributed by atoms with Crippen LogP contribution >= 0.6 is 0 Å². The summed E-state index contributed by atoms with van der Waals surface area (Å²) in [5.41, 5.74) is 4.43. The maximum Gasteiger partial charge on any atom is 0.316 e. The standard InChI is InChI=1S/C26H35NO4/c1-8-17-10-15(3)11-18(9-2)21(17)22-23(28)19-12-16(14-27-30-7)13-20(19)24(22)31-25(29)26(4,5)6/h10-11,14,16,19-20H,8-9,12-13H2,1-7H3/b27-14+. The van der Waals surface area contributed by atoms with Crippen molar-refractivity contribution in [2.75, 3.05) is 7.11 Å². The van der Waals surface area contributed by atoms with Crippen LogP contribution in [0.3, 0.4) is 0 Å². The first kappa shape index (κ1) is 23.2. The first-order chi connectivity index (χ1) is 14.6. The fourth-order valence-electron chi connectivity index (χ4n) is 4.86. The largest absolute Gasteiger partial charge is 0.430 e. The van der Waals surface area contributed by atoms with Gasteiger partial charge in [-0.25, -0.2) is 0 Å². The van der Waals surface area contributed by atoms with Crippen molar-refractivity contribution in [1.29, 1.82) is 0 Å². The zero-order valence-corrected chi connectivity index (χ0v) is 19.9. The second kappa shape index (κ2) is 8.97. The Hall–Kier alpha value is -2.43. The van der Waals surface area contributed by atoms with Gasteiger partial charge in [0.15, 0.2) is 5.78 Å². The predicted molar refractivity (Wildman–Crippen MR) is 123 cm³/mol. The molecule has 0 bridgehead atoms. The van der Waals surface area contributed by atoms with Crippen LogP contribution in [-0.2, 0) is 32.0 Å².